The van der Waals surface area contributed by atoms with Crippen LogP contribution >= 0.6 is 15.9 Å². The van der Waals surface area contributed by atoms with Gasteiger partial charge in [0.05, 0.1) is 18.1 Å². The van der Waals surface area contributed by atoms with Crippen molar-refractivity contribution in [1.82, 2.24) is 4.98 Å². The number of rotatable bonds is 2. The Morgan fingerprint density at radius 2 is 2.13 bits per heavy atom. The van der Waals surface area contributed by atoms with E-state index in [2.05, 4.69) is 20.9 Å². The molecule has 1 aromatic heterocycles. The Hall–Kier alpha value is -1.53. The monoisotopic (exact) mass is 271 g/mol. The predicted octanol–water partition coefficient (Wildman–Crippen LogP) is 2.72. The van der Waals surface area contributed by atoms with Crippen LogP contribution in [0.15, 0.2) is 10.8 Å². The van der Waals surface area contributed by atoms with Crippen molar-refractivity contribution in [3.05, 3.63) is 27.5 Å². The molecule has 0 N–H and O–H groups in total. The SMILES string of the molecule is N#CCc1c(C(F)F)cnc(Br)c1C#N. The molecule has 1 aromatic rings. The number of halogens is 3. The molecule has 0 radical (unpaired) electrons. The molecule has 1 rings (SSSR count). The number of alkyl halides is 2. The van der Waals surface area contributed by atoms with Gasteiger partial charge >= 0.3 is 0 Å². The summed E-state index contributed by atoms with van der Waals surface area (Å²) in [6, 6.07) is 3.50. The third kappa shape index (κ3) is 2.28. The Morgan fingerprint density at radius 3 is 2.60 bits per heavy atom. The fraction of sp³-hybridized carbons (Fsp3) is 0.222. The molecule has 76 valence electrons. The quantitative estimate of drug-likeness (QED) is 0.777. The van der Waals surface area contributed by atoms with Crippen LogP contribution in [0.5, 0.6) is 0 Å². The van der Waals surface area contributed by atoms with Crippen molar-refractivity contribution in [3.63, 3.8) is 0 Å². The van der Waals surface area contributed by atoms with E-state index in [1.165, 1.54) is 0 Å². The summed E-state index contributed by atoms with van der Waals surface area (Å²) in [7, 11) is 0. The molecule has 0 spiro atoms. The highest BCUT2D eigenvalue weighted by molar-refractivity contribution is 9.10. The van der Waals surface area contributed by atoms with Crippen LogP contribution in [0, 0.1) is 22.7 Å². The highest BCUT2D eigenvalue weighted by Gasteiger charge is 2.19. The van der Waals surface area contributed by atoms with Gasteiger partial charge in [-0.3, -0.25) is 0 Å². The summed E-state index contributed by atoms with van der Waals surface area (Å²) in [5.41, 5.74) is -0.331. The van der Waals surface area contributed by atoms with E-state index in [0.29, 0.717) is 0 Å². The van der Waals surface area contributed by atoms with Gasteiger partial charge < -0.3 is 0 Å². The summed E-state index contributed by atoms with van der Waals surface area (Å²) in [4.78, 5) is 3.62. The van der Waals surface area contributed by atoms with E-state index in [9.17, 15) is 8.78 Å². The summed E-state index contributed by atoms with van der Waals surface area (Å²) in [6.07, 6.45) is -1.99. The first-order valence-electron chi connectivity index (χ1n) is 3.84. The smallest absolute Gasteiger partial charge is 0.247 e. The molecule has 0 unspecified atom stereocenters. The van der Waals surface area contributed by atoms with Crippen LogP contribution in [-0.4, -0.2) is 4.98 Å². The number of aromatic nitrogens is 1. The fourth-order valence-corrected chi connectivity index (χ4v) is 1.54. The van der Waals surface area contributed by atoms with Crippen LogP contribution < -0.4 is 0 Å². The molecule has 0 amide bonds. The Bertz CT molecular complexity index is 460. The first-order valence-corrected chi connectivity index (χ1v) is 4.63. The predicted molar refractivity (Wildman–Crippen MR) is 50.9 cm³/mol. The molecule has 15 heavy (non-hydrogen) atoms. The molecule has 0 aliphatic heterocycles. The van der Waals surface area contributed by atoms with Gasteiger partial charge in [-0.2, -0.15) is 10.5 Å². The van der Waals surface area contributed by atoms with Crippen molar-refractivity contribution in [2.24, 2.45) is 0 Å². The molecule has 0 saturated carbocycles. The standard InChI is InChI=1S/C9H4BrF2N3/c10-8-6(3-14)5(1-2-13)7(4-15-8)9(11)12/h4,9H,1H2. The molecule has 0 aliphatic carbocycles. The summed E-state index contributed by atoms with van der Waals surface area (Å²) in [6.45, 7) is 0. The Labute approximate surface area is 93.1 Å². The van der Waals surface area contributed by atoms with Gasteiger partial charge in [0, 0.05) is 11.8 Å². The van der Waals surface area contributed by atoms with Gasteiger partial charge in [0.15, 0.2) is 0 Å². The van der Waals surface area contributed by atoms with Gasteiger partial charge in [-0.05, 0) is 21.5 Å². The average Bonchev–Trinajstić information content (AvgIpc) is 2.18. The Balaban J connectivity index is 3.45. The third-order valence-electron chi connectivity index (χ3n) is 1.78. The van der Waals surface area contributed by atoms with Crippen LogP contribution in [0.25, 0.3) is 0 Å². The lowest BCUT2D eigenvalue weighted by molar-refractivity contribution is 0.150. The molecule has 0 fully saturated rings. The second kappa shape index (κ2) is 4.81. The molecule has 0 bridgehead atoms. The Morgan fingerprint density at radius 1 is 1.47 bits per heavy atom. The first-order chi connectivity index (χ1) is 7.11. The van der Waals surface area contributed by atoms with E-state index < -0.39 is 6.43 Å². The second-order valence-corrected chi connectivity index (χ2v) is 3.36. The highest BCUT2D eigenvalue weighted by atomic mass is 79.9. The average molecular weight is 272 g/mol. The van der Waals surface area contributed by atoms with Gasteiger partial charge in [-0.1, -0.05) is 0 Å². The molecule has 0 aliphatic rings. The topological polar surface area (TPSA) is 60.5 Å². The molecule has 0 aromatic carbocycles. The van der Waals surface area contributed by atoms with E-state index in [4.69, 9.17) is 10.5 Å². The van der Waals surface area contributed by atoms with Gasteiger partial charge in [-0.25, -0.2) is 13.8 Å². The van der Waals surface area contributed by atoms with Crippen molar-refractivity contribution in [2.45, 2.75) is 12.8 Å². The van der Waals surface area contributed by atoms with Gasteiger partial charge in [-0.15, -0.1) is 0 Å². The van der Waals surface area contributed by atoms with Crippen LogP contribution in [0.3, 0.4) is 0 Å². The van der Waals surface area contributed by atoms with E-state index in [1.807, 2.05) is 0 Å². The van der Waals surface area contributed by atoms with Crippen LogP contribution in [0.1, 0.15) is 23.1 Å². The minimum atomic E-state index is -2.74. The van der Waals surface area contributed by atoms with Gasteiger partial charge in [0.1, 0.15) is 10.7 Å². The van der Waals surface area contributed by atoms with E-state index in [1.54, 1.807) is 12.1 Å². The molecule has 3 nitrogen and oxygen atoms in total. The van der Waals surface area contributed by atoms with Crippen molar-refractivity contribution < 1.29 is 8.78 Å². The number of hydrogen-bond acceptors (Lipinski definition) is 3. The van der Waals surface area contributed by atoms with E-state index >= 15 is 0 Å². The maximum Gasteiger partial charge on any atom is 0.265 e. The van der Waals surface area contributed by atoms with Gasteiger partial charge in [0.2, 0.25) is 0 Å². The summed E-state index contributed by atoms with van der Waals surface area (Å²) in [5, 5.41) is 17.3. The Kier molecular flexibility index (Phi) is 3.70. The van der Waals surface area contributed by atoms with Crippen LogP contribution in [0.4, 0.5) is 8.78 Å². The summed E-state index contributed by atoms with van der Waals surface area (Å²) >= 11 is 2.97. The zero-order valence-electron chi connectivity index (χ0n) is 7.34. The third-order valence-corrected chi connectivity index (χ3v) is 2.38. The summed E-state index contributed by atoms with van der Waals surface area (Å²) < 4.78 is 25.2. The normalized spacial score (nSPS) is 9.73. The minimum Gasteiger partial charge on any atom is -0.247 e. The van der Waals surface area contributed by atoms with Crippen LogP contribution in [0.2, 0.25) is 0 Å². The van der Waals surface area contributed by atoms with E-state index in [0.717, 1.165) is 6.20 Å². The molecule has 0 saturated heterocycles. The van der Waals surface area contributed by atoms with Crippen molar-refractivity contribution in [3.8, 4) is 12.1 Å². The maximum absolute atomic E-state index is 12.5. The number of nitriles is 2. The number of nitrogens with zero attached hydrogens (tertiary/aromatic N) is 3. The van der Waals surface area contributed by atoms with Crippen LogP contribution in [-0.2, 0) is 6.42 Å². The van der Waals surface area contributed by atoms with Crippen molar-refractivity contribution in [2.75, 3.05) is 0 Å². The molecule has 0 atom stereocenters. The zero-order valence-corrected chi connectivity index (χ0v) is 8.92. The highest BCUT2D eigenvalue weighted by Crippen LogP contribution is 2.28. The lowest BCUT2D eigenvalue weighted by Gasteiger charge is -2.07. The van der Waals surface area contributed by atoms with Gasteiger partial charge in [0.25, 0.3) is 6.43 Å². The number of pyridine rings is 1. The number of hydrogen-bond donors (Lipinski definition) is 0. The second-order valence-electron chi connectivity index (χ2n) is 2.61. The lowest BCUT2D eigenvalue weighted by Crippen LogP contribution is -2.01. The largest absolute Gasteiger partial charge is 0.265 e. The molecular weight excluding hydrogens is 268 g/mol. The van der Waals surface area contributed by atoms with Crippen molar-refractivity contribution >= 4 is 15.9 Å². The van der Waals surface area contributed by atoms with E-state index in [-0.39, 0.29) is 27.7 Å². The molecular formula is C9H4BrF2N3. The maximum atomic E-state index is 12.5. The fourth-order valence-electron chi connectivity index (χ4n) is 1.11. The molecule has 1 heterocycles. The zero-order chi connectivity index (χ0) is 11.4. The minimum absolute atomic E-state index is 0.00523. The lowest BCUT2D eigenvalue weighted by atomic mass is 10.0. The van der Waals surface area contributed by atoms with Crippen molar-refractivity contribution in [1.29, 1.82) is 10.5 Å². The molecule has 6 heteroatoms. The first kappa shape index (κ1) is 11.5. The summed E-state index contributed by atoms with van der Waals surface area (Å²) in [5.74, 6) is 0.